The molecule has 4 fully saturated rings. The highest BCUT2D eigenvalue weighted by molar-refractivity contribution is 5.83. The maximum atomic E-state index is 13.0. The van der Waals surface area contributed by atoms with Crippen molar-refractivity contribution in [3.63, 3.8) is 0 Å². The lowest BCUT2D eigenvalue weighted by Crippen LogP contribution is -2.55. The summed E-state index contributed by atoms with van der Waals surface area (Å²) < 4.78 is 0. The topological polar surface area (TPSA) is 49.3 Å². The van der Waals surface area contributed by atoms with Crippen LogP contribution in [-0.2, 0) is 10.4 Å². The molecule has 4 saturated carbocycles. The fourth-order valence-corrected chi connectivity index (χ4v) is 5.73. The second-order valence-corrected chi connectivity index (χ2v) is 8.52. The van der Waals surface area contributed by atoms with Crippen LogP contribution in [0.5, 0.6) is 0 Å². The molecule has 0 aromatic heterocycles. The lowest BCUT2D eigenvalue weighted by atomic mass is 9.49. The number of aliphatic hydroxyl groups is 1. The Bertz CT molecular complexity index is 558. The summed E-state index contributed by atoms with van der Waals surface area (Å²) in [4.78, 5) is 13.0. The molecule has 0 radical (unpaired) electrons. The normalized spacial score (nSPS) is 37.4. The summed E-state index contributed by atoms with van der Waals surface area (Å²) in [5.41, 5.74) is -0.299. The van der Waals surface area contributed by atoms with Crippen LogP contribution in [0, 0.1) is 23.2 Å². The molecule has 1 aromatic carbocycles. The van der Waals surface area contributed by atoms with Gasteiger partial charge in [0.1, 0.15) is 5.60 Å². The summed E-state index contributed by atoms with van der Waals surface area (Å²) >= 11 is 0. The van der Waals surface area contributed by atoms with E-state index in [4.69, 9.17) is 0 Å². The molecule has 3 nitrogen and oxygen atoms in total. The number of hydrogen-bond donors (Lipinski definition) is 2. The van der Waals surface area contributed by atoms with Gasteiger partial charge in [-0.15, -0.1) is 0 Å². The molecule has 1 unspecified atom stereocenters. The SMILES string of the molecule is CC(O)(CNC(=O)C12CC3CC(CC(C3)C1)C2)c1ccccc1. The highest BCUT2D eigenvalue weighted by Crippen LogP contribution is 2.60. The van der Waals surface area contributed by atoms with Gasteiger partial charge in [0.2, 0.25) is 5.91 Å². The van der Waals surface area contributed by atoms with Crippen LogP contribution in [-0.4, -0.2) is 17.6 Å². The van der Waals surface area contributed by atoms with E-state index < -0.39 is 5.60 Å². The van der Waals surface area contributed by atoms with E-state index >= 15 is 0 Å². The summed E-state index contributed by atoms with van der Waals surface area (Å²) in [6.07, 6.45) is 7.23. The number of hydrogen-bond acceptors (Lipinski definition) is 2. The van der Waals surface area contributed by atoms with Crippen LogP contribution in [0.15, 0.2) is 30.3 Å². The number of carbonyl (C=O) groups excluding carboxylic acids is 1. The first kappa shape index (κ1) is 15.2. The minimum atomic E-state index is -1.01. The van der Waals surface area contributed by atoms with Crippen molar-refractivity contribution < 1.29 is 9.90 Å². The van der Waals surface area contributed by atoms with Crippen molar-refractivity contribution in [2.24, 2.45) is 23.2 Å². The van der Waals surface area contributed by atoms with Crippen molar-refractivity contribution in [3.05, 3.63) is 35.9 Å². The fourth-order valence-electron chi connectivity index (χ4n) is 5.73. The molecule has 4 bridgehead atoms. The Hall–Kier alpha value is -1.35. The standard InChI is InChI=1S/C20H27NO2/c1-19(23,17-5-3-2-4-6-17)13-21-18(22)20-10-14-7-15(11-20)9-16(8-14)12-20/h2-6,14-16,23H,7-13H2,1H3,(H,21,22). The van der Waals surface area contributed by atoms with Crippen molar-refractivity contribution in [3.8, 4) is 0 Å². The zero-order valence-electron chi connectivity index (χ0n) is 13.9. The zero-order chi connectivity index (χ0) is 16.1. The molecular weight excluding hydrogens is 286 g/mol. The molecule has 124 valence electrons. The molecule has 5 rings (SSSR count). The molecular formula is C20H27NO2. The Morgan fingerprint density at radius 3 is 2.17 bits per heavy atom. The number of nitrogens with one attached hydrogen (secondary N) is 1. The first-order valence-electron chi connectivity index (χ1n) is 9.03. The van der Waals surface area contributed by atoms with Crippen molar-refractivity contribution in [1.82, 2.24) is 5.32 Å². The average molecular weight is 313 g/mol. The third kappa shape index (κ3) is 2.69. The van der Waals surface area contributed by atoms with E-state index in [0.29, 0.717) is 0 Å². The Labute approximate surface area is 138 Å². The number of rotatable bonds is 4. The molecule has 0 heterocycles. The van der Waals surface area contributed by atoms with Gasteiger partial charge in [0, 0.05) is 5.41 Å². The summed E-state index contributed by atoms with van der Waals surface area (Å²) in [5, 5.41) is 13.8. The zero-order valence-corrected chi connectivity index (χ0v) is 13.9. The largest absolute Gasteiger partial charge is 0.384 e. The summed E-state index contributed by atoms with van der Waals surface area (Å²) in [7, 11) is 0. The maximum absolute atomic E-state index is 13.0. The van der Waals surface area contributed by atoms with Gasteiger partial charge in [-0.25, -0.2) is 0 Å². The minimum Gasteiger partial charge on any atom is -0.384 e. The van der Waals surface area contributed by atoms with Gasteiger partial charge in [0.15, 0.2) is 0 Å². The molecule has 1 aromatic rings. The Balaban J connectivity index is 1.44. The number of amides is 1. The molecule has 0 saturated heterocycles. The average Bonchev–Trinajstić information content (AvgIpc) is 2.52. The molecule has 3 heteroatoms. The van der Waals surface area contributed by atoms with Gasteiger partial charge >= 0.3 is 0 Å². The summed E-state index contributed by atoms with van der Waals surface area (Å²) in [6, 6.07) is 9.61. The second kappa shape index (κ2) is 5.34. The van der Waals surface area contributed by atoms with Crippen LogP contribution in [0.2, 0.25) is 0 Å². The first-order valence-corrected chi connectivity index (χ1v) is 9.03. The van der Waals surface area contributed by atoms with Crippen molar-refractivity contribution >= 4 is 5.91 Å². The summed E-state index contributed by atoms with van der Waals surface area (Å²) in [6.45, 7) is 2.07. The molecule has 23 heavy (non-hydrogen) atoms. The first-order chi connectivity index (χ1) is 11.0. The van der Waals surface area contributed by atoms with E-state index in [1.165, 1.54) is 19.3 Å². The maximum Gasteiger partial charge on any atom is 0.226 e. The van der Waals surface area contributed by atoms with Crippen molar-refractivity contribution in [2.45, 2.75) is 51.0 Å². The molecule has 0 aliphatic heterocycles. The van der Waals surface area contributed by atoms with Gasteiger partial charge in [-0.05, 0) is 68.8 Å². The van der Waals surface area contributed by atoms with E-state index in [-0.39, 0.29) is 17.9 Å². The van der Waals surface area contributed by atoms with E-state index in [2.05, 4.69) is 5.32 Å². The number of benzene rings is 1. The van der Waals surface area contributed by atoms with Crippen molar-refractivity contribution in [2.75, 3.05) is 6.54 Å². The van der Waals surface area contributed by atoms with E-state index in [1.54, 1.807) is 6.92 Å². The third-order valence-corrected chi connectivity index (χ3v) is 6.51. The molecule has 1 amide bonds. The van der Waals surface area contributed by atoms with Crippen LogP contribution in [0.1, 0.15) is 51.0 Å². The highest BCUT2D eigenvalue weighted by atomic mass is 16.3. The van der Waals surface area contributed by atoms with Crippen LogP contribution >= 0.6 is 0 Å². The molecule has 4 aliphatic rings. The minimum absolute atomic E-state index is 0.137. The fraction of sp³-hybridized carbons (Fsp3) is 0.650. The van der Waals surface area contributed by atoms with Gasteiger partial charge in [-0.2, -0.15) is 0 Å². The lowest BCUT2D eigenvalue weighted by Gasteiger charge is -2.55. The van der Waals surface area contributed by atoms with Gasteiger partial charge < -0.3 is 10.4 Å². The van der Waals surface area contributed by atoms with Gasteiger partial charge in [0.25, 0.3) is 0 Å². The predicted octanol–water partition coefficient (Wildman–Crippen LogP) is 3.23. The Morgan fingerprint density at radius 2 is 1.65 bits per heavy atom. The van der Waals surface area contributed by atoms with Crippen molar-refractivity contribution in [1.29, 1.82) is 0 Å². The molecule has 2 N–H and O–H groups in total. The Kier molecular flexibility index (Phi) is 3.53. The van der Waals surface area contributed by atoms with Gasteiger partial charge in [0.05, 0.1) is 6.54 Å². The lowest BCUT2D eigenvalue weighted by molar-refractivity contribution is -0.147. The monoisotopic (exact) mass is 313 g/mol. The molecule has 1 atom stereocenters. The van der Waals surface area contributed by atoms with Crippen LogP contribution < -0.4 is 5.32 Å². The summed E-state index contributed by atoms with van der Waals surface area (Å²) in [5.74, 6) is 2.48. The van der Waals surface area contributed by atoms with Gasteiger partial charge in [-0.3, -0.25) is 4.79 Å². The van der Waals surface area contributed by atoms with E-state index in [1.807, 2.05) is 30.3 Å². The van der Waals surface area contributed by atoms with Crippen LogP contribution in [0.25, 0.3) is 0 Å². The third-order valence-electron chi connectivity index (χ3n) is 6.51. The van der Waals surface area contributed by atoms with Crippen LogP contribution in [0.4, 0.5) is 0 Å². The van der Waals surface area contributed by atoms with Gasteiger partial charge in [-0.1, -0.05) is 30.3 Å². The molecule has 4 aliphatic carbocycles. The van der Waals surface area contributed by atoms with E-state index in [9.17, 15) is 9.90 Å². The Morgan fingerprint density at radius 1 is 1.13 bits per heavy atom. The predicted molar refractivity (Wildman–Crippen MR) is 89.6 cm³/mol. The second-order valence-electron chi connectivity index (χ2n) is 8.52. The van der Waals surface area contributed by atoms with Crippen LogP contribution in [0.3, 0.4) is 0 Å². The highest BCUT2D eigenvalue weighted by Gasteiger charge is 2.54. The smallest absolute Gasteiger partial charge is 0.226 e. The number of carbonyl (C=O) groups is 1. The quantitative estimate of drug-likeness (QED) is 0.896. The molecule has 0 spiro atoms. The van der Waals surface area contributed by atoms with E-state index in [0.717, 1.165) is 42.6 Å².